The number of benzene rings is 1. The van der Waals surface area contributed by atoms with Crippen LogP contribution in [0.2, 0.25) is 0 Å². The number of carbonyl (C=O) groups excluding carboxylic acids is 1. The molecule has 116 valence electrons. The summed E-state index contributed by atoms with van der Waals surface area (Å²) in [7, 11) is 1.74. The lowest BCUT2D eigenvalue weighted by Crippen LogP contribution is -2.37. The van der Waals surface area contributed by atoms with Crippen LogP contribution in [0.1, 0.15) is 38.0 Å². The normalized spacial score (nSPS) is 18.0. The van der Waals surface area contributed by atoms with Crippen molar-refractivity contribution in [3.05, 3.63) is 33.8 Å². The van der Waals surface area contributed by atoms with Crippen LogP contribution < -0.4 is 0 Å². The molecule has 0 aliphatic carbocycles. The summed E-state index contributed by atoms with van der Waals surface area (Å²) >= 11 is 3.58. The van der Waals surface area contributed by atoms with E-state index in [0.29, 0.717) is 13.2 Å². The monoisotopic (exact) mass is 355 g/mol. The second-order valence-corrected chi connectivity index (χ2v) is 7.13. The Bertz CT molecular complexity index is 525. The zero-order chi connectivity index (χ0) is 15.6. The van der Waals surface area contributed by atoms with Gasteiger partial charge in [0.25, 0.3) is 0 Å². The summed E-state index contributed by atoms with van der Waals surface area (Å²) in [5.41, 5.74) is 1.93. The van der Waals surface area contributed by atoms with Gasteiger partial charge in [-0.3, -0.25) is 0 Å². The van der Waals surface area contributed by atoms with Crippen molar-refractivity contribution in [2.75, 3.05) is 20.2 Å². The van der Waals surface area contributed by atoms with Crippen LogP contribution in [-0.2, 0) is 15.9 Å². The Hall–Kier alpha value is -1.07. The summed E-state index contributed by atoms with van der Waals surface area (Å²) in [5.74, 6) is 0. The quantitative estimate of drug-likeness (QED) is 0.806. The number of likely N-dealkylation sites (N-methyl/N-ethyl adjacent to an activating group) is 1. The fourth-order valence-electron chi connectivity index (χ4n) is 2.35. The number of hydrogen-bond acceptors (Lipinski definition) is 3. The van der Waals surface area contributed by atoms with Gasteiger partial charge in [-0.15, -0.1) is 0 Å². The molecule has 2 rings (SSSR count). The van der Waals surface area contributed by atoms with Crippen molar-refractivity contribution in [1.82, 2.24) is 4.90 Å². The molecule has 21 heavy (non-hydrogen) atoms. The molecule has 1 aliphatic rings. The van der Waals surface area contributed by atoms with E-state index in [2.05, 4.69) is 22.0 Å². The summed E-state index contributed by atoms with van der Waals surface area (Å²) in [4.78, 5) is 13.6. The molecule has 0 saturated carbocycles. The standard InChI is InChI=1S/C16H22BrNO3/c1-16(2,3)21-15(19)18(4)10-14-12-6-5-7-13(17)11(12)8-9-20-14/h5-7,14H,8-10H2,1-4H3/t14-/m1/s1. The van der Waals surface area contributed by atoms with E-state index >= 15 is 0 Å². The van der Waals surface area contributed by atoms with E-state index in [1.54, 1.807) is 11.9 Å². The molecule has 1 aliphatic heterocycles. The first-order chi connectivity index (χ1) is 9.78. The molecule has 1 aromatic rings. The highest BCUT2D eigenvalue weighted by molar-refractivity contribution is 9.10. The van der Waals surface area contributed by atoms with E-state index in [1.807, 2.05) is 32.9 Å². The Morgan fingerprint density at radius 3 is 2.86 bits per heavy atom. The molecule has 0 aromatic heterocycles. The molecular weight excluding hydrogens is 334 g/mol. The maximum absolute atomic E-state index is 12.1. The number of rotatable bonds is 2. The Morgan fingerprint density at radius 1 is 1.48 bits per heavy atom. The molecule has 0 unspecified atom stereocenters. The van der Waals surface area contributed by atoms with Crippen LogP contribution in [0.25, 0.3) is 0 Å². The van der Waals surface area contributed by atoms with Crippen LogP contribution in [0, 0.1) is 0 Å². The largest absolute Gasteiger partial charge is 0.444 e. The minimum atomic E-state index is -0.486. The Morgan fingerprint density at radius 2 is 2.19 bits per heavy atom. The van der Waals surface area contributed by atoms with Gasteiger partial charge in [-0.05, 0) is 44.4 Å². The molecular formula is C16H22BrNO3. The third-order valence-electron chi connectivity index (χ3n) is 3.32. The fraction of sp³-hybridized carbons (Fsp3) is 0.562. The van der Waals surface area contributed by atoms with E-state index in [4.69, 9.17) is 9.47 Å². The van der Waals surface area contributed by atoms with E-state index in [-0.39, 0.29) is 12.2 Å². The van der Waals surface area contributed by atoms with Crippen LogP contribution in [0.4, 0.5) is 4.79 Å². The summed E-state index contributed by atoms with van der Waals surface area (Å²) in [6, 6.07) is 6.10. The summed E-state index contributed by atoms with van der Waals surface area (Å²) in [5, 5.41) is 0. The molecule has 5 heteroatoms. The fourth-order valence-corrected chi connectivity index (χ4v) is 2.93. The number of fused-ring (bicyclic) bond motifs is 1. The van der Waals surface area contributed by atoms with Crippen LogP contribution in [-0.4, -0.2) is 36.8 Å². The molecule has 0 saturated heterocycles. The van der Waals surface area contributed by atoms with Crippen LogP contribution >= 0.6 is 15.9 Å². The van der Waals surface area contributed by atoms with Gasteiger partial charge in [0.1, 0.15) is 11.7 Å². The molecule has 0 N–H and O–H groups in total. The van der Waals surface area contributed by atoms with E-state index in [0.717, 1.165) is 16.5 Å². The zero-order valence-corrected chi connectivity index (χ0v) is 14.6. The predicted octanol–water partition coefficient (Wildman–Crippen LogP) is 3.93. The second kappa shape index (κ2) is 6.36. The van der Waals surface area contributed by atoms with Crippen molar-refractivity contribution < 1.29 is 14.3 Å². The van der Waals surface area contributed by atoms with Gasteiger partial charge in [0.2, 0.25) is 0 Å². The molecule has 0 bridgehead atoms. The number of carbonyl (C=O) groups is 1. The third kappa shape index (κ3) is 4.20. The van der Waals surface area contributed by atoms with Crippen molar-refractivity contribution in [2.24, 2.45) is 0 Å². The summed E-state index contributed by atoms with van der Waals surface area (Å²) in [6.07, 6.45) is 0.459. The average molecular weight is 356 g/mol. The van der Waals surface area contributed by atoms with Crippen LogP contribution in [0.5, 0.6) is 0 Å². The third-order valence-corrected chi connectivity index (χ3v) is 4.06. The highest BCUT2D eigenvalue weighted by Crippen LogP contribution is 2.32. The number of ether oxygens (including phenoxy) is 2. The van der Waals surface area contributed by atoms with Crippen LogP contribution in [0.3, 0.4) is 0 Å². The Balaban J connectivity index is 2.08. The topological polar surface area (TPSA) is 38.8 Å². The first kappa shape index (κ1) is 16.3. The number of halogens is 1. The van der Waals surface area contributed by atoms with Gasteiger partial charge in [0.15, 0.2) is 0 Å². The molecule has 4 nitrogen and oxygen atoms in total. The number of amides is 1. The van der Waals surface area contributed by atoms with Crippen molar-refractivity contribution in [2.45, 2.75) is 38.9 Å². The van der Waals surface area contributed by atoms with Gasteiger partial charge in [-0.1, -0.05) is 28.1 Å². The SMILES string of the molecule is CN(C[C@H]1OCCc2c(Br)cccc21)C(=O)OC(C)(C)C. The predicted molar refractivity (Wildman–Crippen MR) is 85.4 cm³/mol. The first-order valence-corrected chi connectivity index (χ1v) is 7.90. The van der Waals surface area contributed by atoms with Gasteiger partial charge in [-0.25, -0.2) is 4.79 Å². The smallest absolute Gasteiger partial charge is 0.410 e. The minimum absolute atomic E-state index is 0.108. The minimum Gasteiger partial charge on any atom is -0.444 e. The number of nitrogens with zero attached hydrogens (tertiary/aromatic N) is 1. The zero-order valence-electron chi connectivity index (χ0n) is 13.0. The van der Waals surface area contributed by atoms with Crippen molar-refractivity contribution in [3.63, 3.8) is 0 Å². The highest BCUT2D eigenvalue weighted by Gasteiger charge is 2.27. The molecule has 1 atom stereocenters. The maximum atomic E-state index is 12.1. The first-order valence-electron chi connectivity index (χ1n) is 7.11. The van der Waals surface area contributed by atoms with Crippen molar-refractivity contribution in [1.29, 1.82) is 0 Å². The second-order valence-electron chi connectivity index (χ2n) is 6.28. The lowest BCUT2D eigenvalue weighted by atomic mass is 9.97. The Labute approximate surface area is 134 Å². The maximum Gasteiger partial charge on any atom is 0.410 e. The average Bonchev–Trinajstić information content (AvgIpc) is 2.38. The molecule has 0 radical (unpaired) electrons. The summed E-state index contributed by atoms with van der Waals surface area (Å²) < 4.78 is 12.3. The molecule has 0 fully saturated rings. The van der Waals surface area contributed by atoms with Crippen molar-refractivity contribution in [3.8, 4) is 0 Å². The number of hydrogen-bond donors (Lipinski definition) is 0. The lowest BCUT2D eigenvalue weighted by Gasteiger charge is -2.31. The van der Waals surface area contributed by atoms with Crippen molar-refractivity contribution >= 4 is 22.0 Å². The Kier molecular flexibility index (Phi) is 4.94. The van der Waals surface area contributed by atoms with Gasteiger partial charge < -0.3 is 14.4 Å². The molecule has 1 heterocycles. The van der Waals surface area contributed by atoms with E-state index in [9.17, 15) is 4.79 Å². The summed E-state index contributed by atoms with van der Waals surface area (Å²) in [6.45, 7) is 6.74. The lowest BCUT2D eigenvalue weighted by molar-refractivity contribution is -0.00173. The van der Waals surface area contributed by atoms with E-state index in [1.165, 1.54) is 5.56 Å². The van der Waals surface area contributed by atoms with Gasteiger partial charge >= 0.3 is 6.09 Å². The molecule has 1 aromatic carbocycles. The molecule has 1 amide bonds. The van der Waals surface area contributed by atoms with Gasteiger partial charge in [0.05, 0.1) is 13.2 Å². The van der Waals surface area contributed by atoms with Gasteiger partial charge in [0, 0.05) is 11.5 Å². The molecule has 0 spiro atoms. The van der Waals surface area contributed by atoms with E-state index < -0.39 is 5.60 Å². The van der Waals surface area contributed by atoms with Gasteiger partial charge in [-0.2, -0.15) is 0 Å². The van der Waals surface area contributed by atoms with Crippen LogP contribution in [0.15, 0.2) is 22.7 Å². The highest BCUT2D eigenvalue weighted by atomic mass is 79.9.